The molecule has 0 radical (unpaired) electrons. The molecule has 0 saturated heterocycles. The first kappa shape index (κ1) is 16.6. The van der Waals surface area contributed by atoms with Crippen molar-refractivity contribution in [1.29, 1.82) is 0 Å². The van der Waals surface area contributed by atoms with Crippen molar-refractivity contribution < 1.29 is 27.8 Å². The number of benzene rings is 1. The maximum absolute atomic E-state index is 12.2. The summed E-state index contributed by atoms with van der Waals surface area (Å²) < 4.78 is 40.3. The van der Waals surface area contributed by atoms with E-state index in [1.165, 1.54) is 18.2 Å². The zero-order valence-corrected chi connectivity index (χ0v) is 11.9. The Bertz CT molecular complexity index is 515. The Morgan fingerprint density at radius 2 is 2.14 bits per heavy atom. The van der Waals surface area contributed by atoms with Gasteiger partial charge in [-0.2, -0.15) is 0 Å². The molecule has 1 aliphatic rings. The summed E-state index contributed by atoms with van der Waals surface area (Å²) >= 11 is 0. The minimum atomic E-state index is -4.75. The first-order valence-corrected chi connectivity index (χ1v) is 7.12. The van der Waals surface area contributed by atoms with Crippen LogP contribution in [0.25, 0.3) is 0 Å². The molecule has 0 bridgehead atoms. The van der Waals surface area contributed by atoms with Crippen LogP contribution in [-0.4, -0.2) is 30.0 Å². The number of carbonyl (C=O) groups excluding carboxylic acids is 1. The van der Waals surface area contributed by atoms with E-state index in [1.807, 2.05) is 0 Å². The van der Waals surface area contributed by atoms with Crippen LogP contribution in [0.15, 0.2) is 24.3 Å². The molecule has 1 fully saturated rings. The number of aliphatic hydroxyl groups is 1. The second kappa shape index (κ2) is 7.00. The molecule has 1 unspecified atom stereocenters. The minimum Gasteiger partial charge on any atom is -0.406 e. The topological polar surface area (TPSA) is 58.6 Å². The molecule has 1 atom stereocenters. The Balaban J connectivity index is 1.92. The average molecular weight is 317 g/mol. The van der Waals surface area contributed by atoms with Crippen LogP contribution < -0.4 is 10.1 Å². The summed E-state index contributed by atoms with van der Waals surface area (Å²) in [5.41, 5.74) is 0.442. The molecule has 2 rings (SSSR count). The maximum Gasteiger partial charge on any atom is 0.573 e. The van der Waals surface area contributed by atoms with Crippen LogP contribution in [0.4, 0.5) is 13.2 Å². The third-order valence-corrected chi connectivity index (χ3v) is 3.47. The summed E-state index contributed by atoms with van der Waals surface area (Å²) in [7, 11) is 0. The van der Waals surface area contributed by atoms with E-state index in [-0.39, 0.29) is 30.7 Å². The van der Waals surface area contributed by atoms with Gasteiger partial charge in [0.05, 0.1) is 6.42 Å². The number of ether oxygens (including phenoxy) is 1. The fourth-order valence-corrected chi connectivity index (χ4v) is 2.36. The summed E-state index contributed by atoms with van der Waals surface area (Å²) in [5, 5.41) is 11.8. The Morgan fingerprint density at radius 3 is 2.73 bits per heavy atom. The zero-order chi connectivity index (χ0) is 16.2. The number of hydrogen-bond donors (Lipinski definition) is 2. The highest BCUT2D eigenvalue weighted by Gasteiger charge is 2.32. The Hall–Kier alpha value is -1.76. The molecule has 0 aromatic heterocycles. The van der Waals surface area contributed by atoms with Gasteiger partial charge in [0.1, 0.15) is 5.75 Å². The quantitative estimate of drug-likeness (QED) is 0.812. The van der Waals surface area contributed by atoms with E-state index in [9.17, 15) is 18.0 Å². The van der Waals surface area contributed by atoms with Gasteiger partial charge in [0, 0.05) is 12.6 Å². The average Bonchev–Trinajstić information content (AvgIpc) is 3.20. The van der Waals surface area contributed by atoms with Gasteiger partial charge in [-0.15, -0.1) is 13.2 Å². The lowest BCUT2D eigenvalue weighted by Gasteiger charge is -2.17. The summed E-state index contributed by atoms with van der Waals surface area (Å²) in [6.45, 7) is -0.00362. The van der Waals surface area contributed by atoms with Crippen molar-refractivity contribution in [3.05, 3.63) is 29.8 Å². The van der Waals surface area contributed by atoms with E-state index in [4.69, 9.17) is 5.11 Å². The molecule has 1 amide bonds. The van der Waals surface area contributed by atoms with Crippen molar-refractivity contribution >= 4 is 5.91 Å². The number of halogens is 3. The molecule has 1 aromatic carbocycles. The van der Waals surface area contributed by atoms with Crippen LogP contribution in [0, 0.1) is 5.92 Å². The third-order valence-electron chi connectivity index (χ3n) is 3.47. The molecular weight excluding hydrogens is 299 g/mol. The van der Waals surface area contributed by atoms with Gasteiger partial charge in [-0.05, 0) is 42.9 Å². The van der Waals surface area contributed by atoms with Crippen LogP contribution in [-0.2, 0) is 11.2 Å². The standard InChI is InChI=1S/C15H18F3NO3/c16-15(17,18)22-12-3-1-2-10(8-12)9-14(21)19-13(6-7-20)11-4-5-11/h1-3,8,11,13,20H,4-7,9H2,(H,19,21). The highest BCUT2D eigenvalue weighted by molar-refractivity contribution is 5.79. The summed E-state index contributed by atoms with van der Waals surface area (Å²) in [4.78, 5) is 12.0. The summed E-state index contributed by atoms with van der Waals surface area (Å²) in [6.07, 6.45) is -2.23. The normalized spacial score (nSPS) is 16.2. The number of rotatable bonds is 7. The molecule has 0 aliphatic heterocycles. The molecule has 2 N–H and O–H groups in total. The minimum absolute atomic E-state index is 0.00362. The lowest BCUT2D eigenvalue weighted by Crippen LogP contribution is -2.38. The first-order valence-electron chi connectivity index (χ1n) is 7.12. The number of amides is 1. The lowest BCUT2D eigenvalue weighted by atomic mass is 10.1. The number of aliphatic hydroxyl groups excluding tert-OH is 1. The number of alkyl halides is 3. The monoisotopic (exact) mass is 317 g/mol. The van der Waals surface area contributed by atoms with E-state index in [1.54, 1.807) is 6.07 Å². The van der Waals surface area contributed by atoms with Crippen LogP contribution in [0.1, 0.15) is 24.8 Å². The molecule has 122 valence electrons. The van der Waals surface area contributed by atoms with E-state index in [0.717, 1.165) is 12.8 Å². The smallest absolute Gasteiger partial charge is 0.406 e. The van der Waals surface area contributed by atoms with Crippen molar-refractivity contribution in [2.24, 2.45) is 5.92 Å². The SMILES string of the molecule is O=C(Cc1cccc(OC(F)(F)F)c1)NC(CCO)C1CC1. The molecule has 4 nitrogen and oxygen atoms in total. The van der Waals surface area contributed by atoms with Gasteiger partial charge >= 0.3 is 6.36 Å². The van der Waals surface area contributed by atoms with Crippen LogP contribution >= 0.6 is 0 Å². The van der Waals surface area contributed by atoms with E-state index < -0.39 is 6.36 Å². The largest absolute Gasteiger partial charge is 0.573 e. The molecule has 0 spiro atoms. The molecule has 0 heterocycles. The predicted molar refractivity (Wildman–Crippen MR) is 73.2 cm³/mol. The number of nitrogens with one attached hydrogen (secondary N) is 1. The molecular formula is C15H18F3NO3. The molecule has 1 aliphatic carbocycles. The first-order chi connectivity index (χ1) is 10.4. The molecule has 22 heavy (non-hydrogen) atoms. The van der Waals surface area contributed by atoms with Crippen LogP contribution in [0.3, 0.4) is 0 Å². The Labute approximate surface area is 126 Å². The van der Waals surface area contributed by atoms with Gasteiger partial charge in [0.25, 0.3) is 0 Å². The van der Waals surface area contributed by atoms with E-state index in [0.29, 0.717) is 17.9 Å². The van der Waals surface area contributed by atoms with Gasteiger partial charge in [-0.1, -0.05) is 12.1 Å². The van der Waals surface area contributed by atoms with Crippen molar-refractivity contribution in [2.75, 3.05) is 6.61 Å². The van der Waals surface area contributed by atoms with Gasteiger partial charge in [0.15, 0.2) is 0 Å². The van der Waals surface area contributed by atoms with Crippen LogP contribution in [0.5, 0.6) is 5.75 Å². The maximum atomic E-state index is 12.2. The van der Waals surface area contributed by atoms with Gasteiger partial charge < -0.3 is 15.2 Å². The van der Waals surface area contributed by atoms with Gasteiger partial charge in [0.2, 0.25) is 5.91 Å². The second-order valence-corrected chi connectivity index (χ2v) is 5.40. The van der Waals surface area contributed by atoms with E-state index in [2.05, 4.69) is 10.1 Å². The lowest BCUT2D eigenvalue weighted by molar-refractivity contribution is -0.274. The van der Waals surface area contributed by atoms with Gasteiger partial charge in [-0.3, -0.25) is 4.79 Å². The highest BCUT2D eigenvalue weighted by atomic mass is 19.4. The molecule has 1 aromatic rings. The van der Waals surface area contributed by atoms with E-state index >= 15 is 0 Å². The summed E-state index contributed by atoms with van der Waals surface area (Å²) in [6, 6.07) is 5.31. The van der Waals surface area contributed by atoms with Crippen LogP contribution in [0.2, 0.25) is 0 Å². The Kier molecular flexibility index (Phi) is 5.28. The zero-order valence-electron chi connectivity index (χ0n) is 11.9. The highest BCUT2D eigenvalue weighted by Crippen LogP contribution is 2.34. The fraction of sp³-hybridized carbons (Fsp3) is 0.533. The second-order valence-electron chi connectivity index (χ2n) is 5.40. The summed E-state index contributed by atoms with van der Waals surface area (Å²) in [5.74, 6) is -0.211. The number of hydrogen-bond acceptors (Lipinski definition) is 3. The third kappa shape index (κ3) is 5.55. The molecule has 1 saturated carbocycles. The van der Waals surface area contributed by atoms with Crippen molar-refractivity contribution in [3.63, 3.8) is 0 Å². The van der Waals surface area contributed by atoms with Crippen molar-refractivity contribution in [1.82, 2.24) is 5.32 Å². The number of carbonyl (C=O) groups is 1. The van der Waals surface area contributed by atoms with Crippen molar-refractivity contribution in [2.45, 2.75) is 38.1 Å². The Morgan fingerprint density at radius 1 is 1.41 bits per heavy atom. The predicted octanol–water partition coefficient (Wildman–Crippen LogP) is 2.40. The molecule has 7 heteroatoms. The van der Waals surface area contributed by atoms with Gasteiger partial charge in [-0.25, -0.2) is 0 Å². The van der Waals surface area contributed by atoms with Crippen molar-refractivity contribution in [3.8, 4) is 5.75 Å². The fourth-order valence-electron chi connectivity index (χ4n) is 2.36.